The molecule has 0 aliphatic carbocycles. The molecule has 1 aliphatic heterocycles. The first-order chi connectivity index (χ1) is 5.95. The van der Waals surface area contributed by atoms with Gasteiger partial charge >= 0.3 is 0 Å². The topological polar surface area (TPSA) is 55.1 Å². The molecule has 0 amide bonds. The summed E-state index contributed by atoms with van der Waals surface area (Å²) < 4.78 is 1.59. The predicted octanol–water partition coefficient (Wildman–Crippen LogP) is 0.149. The maximum Gasteiger partial charge on any atom is 0.180 e. The Labute approximate surface area is 80.6 Å². The SMILES string of the molecule is Cl.c1cnn2nc3c(c2n1)CNC3. The molecule has 0 radical (unpaired) electrons. The van der Waals surface area contributed by atoms with E-state index in [1.807, 2.05) is 0 Å². The highest BCUT2D eigenvalue weighted by atomic mass is 35.5. The Hall–Kier alpha value is -1.20. The predicted molar refractivity (Wildman–Crippen MR) is 48.6 cm³/mol. The number of rotatable bonds is 0. The lowest BCUT2D eigenvalue weighted by atomic mass is 10.3. The Bertz CT molecular complexity index is 437. The fourth-order valence-corrected chi connectivity index (χ4v) is 1.51. The molecule has 0 saturated heterocycles. The van der Waals surface area contributed by atoms with E-state index in [9.17, 15) is 0 Å². The van der Waals surface area contributed by atoms with Crippen molar-refractivity contribution >= 4 is 18.1 Å². The van der Waals surface area contributed by atoms with Gasteiger partial charge in [-0.1, -0.05) is 0 Å². The van der Waals surface area contributed by atoms with Crippen molar-refractivity contribution in [2.24, 2.45) is 0 Å². The molecule has 0 aromatic carbocycles. The van der Waals surface area contributed by atoms with Crippen molar-refractivity contribution in [1.29, 1.82) is 0 Å². The van der Waals surface area contributed by atoms with Crippen LogP contribution in [0.25, 0.3) is 5.65 Å². The van der Waals surface area contributed by atoms with E-state index in [1.54, 1.807) is 17.0 Å². The molecule has 68 valence electrons. The van der Waals surface area contributed by atoms with Crippen LogP contribution in [0.2, 0.25) is 0 Å². The highest BCUT2D eigenvalue weighted by molar-refractivity contribution is 5.85. The summed E-state index contributed by atoms with van der Waals surface area (Å²) in [4.78, 5) is 4.21. The second-order valence-corrected chi connectivity index (χ2v) is 2.78. The summed E-state index contributed by atoms with van der Waals surface area (Å²) in [5.41, 5.74) is 3.13. The summed E-state index contributed by atoms with van der Waals surface area (Å²) in [6, 6.07) is 0. The molecule has 3 rings (SSSR count). The minimum atomic E-state index is 0. The Morgan fingerprint density at radius 1 is 1.31 bits per heavy atom. The van der Waals surface area contributed by atoms with Crippen LogP contribution >= 0.6 is 12.4 Å². The summed E-state index contributed by atoms with van der Waals surface area (Å²) in [5, 5.41) is 11.5. The van der Waals surface area contributed by atoms with E-state index in [-0.39, 0.29) is 12.4 Å². The van der Waals surface area contributed by atoms with Gasteiger partial charge in [-0.05, 0) is 0 Å². The van der Waals surface area contributed by atoms with Crippen LogP contribution in [0.5, 0.6) is 0 Å². The Morgan fingerprint density at radius 2 is 2.23 bits per heavy atom. The average molecular weight is 198 g/mol. The lowest BCUT2D eigenvalue weighted by Crippen LogP contribution is -2.05. The average Bonchev–Trinajstić information content (AvgIpc) is 2.62. The van der Waals surface area contributed by atoms with Gasteiger partial charge < -0.3 is 5.32 Å². The summed E-state index contributed by atoms with van der Waals surface area (Å²) in [5.74, 6) is 0. The van der Waals surface area contributed by atoms with Crippen LogP contribution in [0, 0.1) is 0 Å². The van der Waals surface area contributed by atoms with Crippen molar-refractivity contribution in [2.45, 2.75) is 13.1 Å². The number of nitrogens with one attached hydrogen (secondary N) is 1. The molecule has 1 N–H and O–H groups in total. The molecule has 5 nitrogen and oxygen atoms in total. The van der Waals surface area contributed by atoms with Crippen molar-refractivity contribution in [2.75, 3.05) is 0 Å². The van der Waals surface area contributed by atoms with Crippen LogP contribution < -0.4 is 5.32 Å². The number of halogens is 1. The zero-order valence-corrected chi connectivity index (χ0v) is 7.58. The van der Waals surface area contributed by atoms with Crippen LogP contribution in [-0.2, 0) is 13.1 Å². The molecule has 2 aromatic rings. The summed E-state index contributed by atoms with van der Waals surface area (Å²) in [6.45, 7) is 1.69. The van der Waals surface area contributed by atoms with Crippen molar-refractivity contribution in [1.82, 2.24) is 25.1 Å². The number of aromatic nitrogens is 4. The van der Waals surface area contributed by atoms with Crippen LogP contribution in [-0.4, -0.2) is 19.8 Å². The van der Waals surface area contributed by atoms with Gasteiger partial charge in [0.2, 0.25) is 0 Å². The first-order valence-electron chi connectivity index (χ1n) is 3.83. The van der Waals surface area contributed by atoms with Gasteiger partial charge in [0.1, 0.15) is 0 Å². The van der Waals surface area contributed by atoms with E-state index in [2.05, 4.69) is 20.5 Å². The zero-order chi connectivity index (χ0) is 7.97. The van der Waals surface area contributed by atoms with Crippen molar-refractivity contribution in [3.63, 3.8) is 0 Å². The van der Waals surface area contributed by atoms with Gasteiger partial charge in [0.15, 0.2) is 5.65 Å². The maximum atomic E-state index is 4.27. The minimum Gasteiger partial charge on any atom is -0.307 e. The Balaban J connectivity index is 0.000000653. The molecule has 1 aliphatic rings. The smallest absolute Gasteiger partial charge is 0.180 e. The van der Waals surface area contributed by atoms with Crippen LogP contribution in [0.15, 0.2) is 12.4 Å². The Morgan fingerprint density at radius 3 is 3.15 bits per heavy atom. The highest BCUT2D eigenvalue weighted by Gasteiger charge is 2.18. The van der Waals surface area contributed by atoms with Crippen molar-refractivity contribution in [3.8, 4) is 0 Å². The third-order valence-corrected chi connectivity index (χ3v) is 2.06. The standard InChI is InChI=1S/C7H7N5.ClH/c1-2-10-12-7(9-1)5-3-8-4-6(5)11-12;/h1-2,8H,3-4H2;1H. The molecule has 6 heteroatoms. The fourth-order valence-electron chi connectivity index (χ4n) is 1.51. The molecular weight excluding hydrogens is 190 g/mol. The number of fused-ring (bicyclic) bond motifs is 3. The van der Waals surface area contributed by atoms with Gasteiger partial charge in [-0.25, -0.2) is 4.98 Å². The molecule has 2 aromatic heterocycles. The maximum absolute atomic E-state index is 4.27. The molecule has 0 spiro atoms. The normalized spacial score (nSPS) is 14.2. The molecule has 0 fully saturated rings. The molecule has 0 bridgehead atoms. The fraction of sp³-hybridized carbons (Fsp3) is 0.286. The lowest BCUT2D eigenvalue weighted by molar-refractivity contribution is 0.702. The third kappa shape index (κ3) is 1.08. The molecule has 13 heavy (non-hydrogen) atoms. The summed E-state index contributed by atoms with van der Waals surface area (Å²) >= 11 is 0. The largest absolute Gasteiger partial charge is 0.307 e. The van der Waals surface area contributed by atoms with Crippen molar-refractivity contribution in [3.05, 3.63) is 23.7 Å². The van der Waals surface area contributed by atoms with E-state index in [0.29, 0.717) is 0 Å². The van der Waals surface area contributed by atoms with Crippen LogP contribution in [0.1, 0.15) is 11.3 Å². The zero-order valence-electron chi connectivity index (χ0n) is 6.77. The van der Waals surface area contributed by atoms with E-state index < -0.39 is 0 Å². The summed E-state index contributed by atoms with van der Waals surface area (Å²) in [6.07, 6.45) is 3.33. The molecular formula is C7H8ClN5. The van der Waals surface area contributed by atoms with Gasteiger partial charge in [-0.3, -0.25) is 0 Å². The second-order valence-electron chi connectivity index (χ2n) is 2.78. The van der Waals surface area contributed by atoms with Crippen molar-refractivity contribution < 1.29 is 0 Å². The first-order valence-corrected chi connectivity index (χ1v) is 3.83. The van der Waals surface area contributed by atoms with Gasteiger partial charge in [0.25, 0.3) is 0 Å². The van der Waals surface area contributed by atoms with Gasteiger partial charge in [0, 0.05) is 24.8 Å². The minimum absolute atomic E-state index is 0. The Kier molecular flexibility index (Phi) is 1.90. The van der Waals surface area contributed by atoms with Gasteiger partial charge in [-0.15, -0.1) is 17.0 Å². The number of hydrogen-bond donors (Lipinski definition) is 1. The quantitative estimate of drug-likeness (QED) is 0.653. The number of nitrogens with zero attached hydrogens (tertiary/aromatic N) is 4. The third-order valence-electron chi connectivity index (χ3n) is 2.06. The van der Waals surface area contributed by atoms with E-state index in [1.165, 1.54) is 5.56 Å². The van der Waals surface area contributed by atoms with Gasteiger partial charge in [0.05, 0.1) is 11.9 Å². The number of hydrogen-bond acceptors (Lipinski definition) is 4. The lowest BCUT2D eigenvalue weighted by Gasteiger charge is -1.91. The summed E-state index contributed by atoms with van der Waals surface area (Å²) in [7, 11) is 0. The monoisotopic (exact) mass is 197 g/mol. The first kappa shape index (κ1) is 8.40. The van der Waals surface area contributed by atoms with E-state index in [4.69, 9.17) is 0 Å². The van der Waals surface area contributed by atoms with Crippen LogP contribution in [0.4, 0.5) is 0 Å². The molecule has 0 unspecified atom stereocenters. The molecule has 3 heterocycles. The van der Waals surface area contributed by atoms with E-state index in [0.717, 1.165) is 24.4 Å². The highest BCUT2D eigenvalue weighted by Crippen LogP contribution is 2.16. The molecule has 0 saturated carbocycles. The van der Waals surface area contributed by atoms with Gasteiger partial charge in [-0.2, -0.15) is 10.2 Å². The van der Waals surface area contributed by atoms with Crippen LogP contribution in [0.3, 0.4) is 0 Å². The second kappa shape index (κ2) is 2.93. The van der Waals surface area contributed by atoms with E-state index >= 15 is 0 Å². The molecule has 0 atom stereocenters.